The number of carbonyl (C=O) groups excluding carboxylic acids is 2. The quantitative estimate of drug-likeness (QED) is 0.857. The number of hydrogen-bond donors (Lipinski definition) is 1. The van der Waals surface area contributed by atoms with Crippen LogP contribution in [0.25, 0.3) is 0 Å². The van der Waals surface area contributed by atoms with Crippen molar-refractivity contribution in [1.29, 1.82) is 0 Å². The first-order valence-electron chi connectivity index (χ1n) is 9.03. The highest BCUT2D eigenvalue weighted by Gasteiger charge is 2.40. The third-order valence-corrected chi connectivity index (χ3v) is 5.88. The van der Waals surface area contributed by atoms with Crippen LogP contribution in [0.3, 0.4) is 0 Å². The predicted octanol–water partition coefficient (Wildman–Crippen LogP) is 3.43. The molecule has 1 saturated heterocycles. The van der Waals surface area contributed by atoms with E-state index in [0.717, 1.165) is 24.9 Å². The fraction of sp³-hybridized carbons (Fsp3) is 0.579. The van der Waals surface area contributed by atoms with Crippen LogP contribution in [0.1, 0.15) is 56.4 Å². The molecule has 4 rings (SSSR count). The van der Waals surface area contributed by atoms with Gasteiger partial charge in [0.05, 0.1) is 5.92 Å². The van der Waals surface area contributed by atoms with Gasteiger partial charge in [-0.1, -0.05) is 18.9 Å². The normalized spacial score (nSPS) is 29.5. The van der Waals surface area contributed by atoms with Gasteiger partial charge in [-0.05, 0) is 49.3 Å². The minimum absolute atomic E-state index is 0.0503. The summed E-state index contributed by atoms with van der Waals surface area (Å²) in [6, 6.07) is 4.66. The SMILES string of the molecule is O=C1CC(C(=O)N2CCCC3CCCCC32)c2ccc(F)cc2N1. The van der Waals surface area contributed by atoms with Crippen molar-refractivity contribution in [3.63, 3.8) is 0 Å². The zero-order valence-corrected chi connectivity index (χ0v) is 13.8. The molecular formula is C19H23FN2O2. The van der Waals surface area contributed by atoms with E-state index in [4.69, 9.17) is 0 Å². The van der Waals surface area contributed by atoms with Gasteiger partial charge in [0, 0.05) is 24.7 Å². The summed E-state index contributed by atoms with van der Waals surface area (Å²) in [5.41, 5.74) is 1.20. The molecule has 2 heterocycles. The smallest absolute Gasteiger partial charge is 0.230 e. The lowest BCUT2D eigenvalue weighted by Gasteiger charge is -2.45. The zero-order chi connectivity index (χ0) is 16.7. The van der Waals surface area contributed by atoms with Gasteiger partial charge in [-0.2, -0.15) is 0 Å². The Hall–Kier alpha value is -1.91. The highest BCUT2D eigenvalue weighted by molar-refractivity contribution is 6.01. The summed E-state index contributed by atoms with van der Waals surface area (Å²) in [6.07, 6.45) is 7.14. The van der Waals surface area contributed by atoms with Gasteiger partial charge in [-0.15, -0.1) is 0 Å². The van der Waals surface area contributed by atoms with Crippen LogP contribution in [-0.2, 0) is 9.59 Å². The zero-order valence-electron chi connectivity index (χ0n) is 13.8. The van der Waals surface area contributed by atoms with Crippen molar-refractivity contribution in [2.45, 2.75) is 56.9 Å². The number of benzene rings is 1. The Balaban J connectivity index is 1.63. The highest BCUT2D eigenvalue weighted by atomic mass is 19.1. The van der Waals surface area contributed by atoms with Crippen LogP contribution in [0.4, 0.5) is 10.1 Å². The van der Waals surface area contributed by atoms with E-state index in [-0.39, 0.29) is 18.2 Å². The first-order valence-corrected chi connectivity index (χ1v) is 9.03. The van der Waals surface area contributed by atoms with E-state index in [0.29, 0.717) is 17.6 Å². The third-order valence-electron chi connectivity index (χ3n) is 5.88. The second kappa shape index (κ2) is 6.19. The van der Waals surface area contributed by atoms with Crippen molar-refractivity contribution < 1.29 is 14.0 Å². The molecule has 4 nitrogen and oxygen atoms in total. The van der Waals surface area contributed by atoms with E-state index in [1.807, 2.05) is 4.90 Å². The molecule has 0 radical (unpaired) electrons. The van der Waals surface area contributed by atoms with Crippen LogP contribution in [0.15, 0.2) is 18.2 Å². The summed E-state index contributed by atoms with van der Waals surface area (Å²) in [5.74, 6) is -0.415. The average molecular weight is 330 g/mol. The van der Waals surface area contributed by atoms with Gasteiger partial charge < -0.3 is 10.2 Å². The van der Waals surface area contributed by atoms with Crippen LogP contribution < -0.4 is 5.32 Å². The van der Waals surface area contributed by atoms with Crippen LogP contribution >= 0.6 is 0 Å². The summed E-state index contributed by atoms with van der Waals surface area (Å²) in [4.78, 5) is 27.3. The summed E-state index contributed by atoms with van der Waals surface area (Å²) >= 11 is 0. The molecule has 1 aromatic carbocycles. The minimum atomic E-state index is -0.477. The van der Waals surface area contributed by atoms with Gasteiger partial charge in [-0.25, -0.2) is 4.39 Å². The molecule has 1 aromatic rings. The second-order valence-corrected chi connectivity index (χ2v) is 7.32. The van der Waals surface area contributed by atoms with Crippen LogP contribution in [0, 0.1) is 11.7 Å². The molecule has 128 valence electrons. The monoisotopic (exact) mass is 330 g/mol. The lowest BCUT2D eigenvalue weighted by molar-refractivity contribution is -0.140. The van der Waals surface area contributed by atoms with Gasteiger partial charge in [0.25, 0.3) is 0 Å². The summed E-state index contributed by atoms with van der Waals surface area (Å²) in [5, 5.41) is 2.70. The first-order chi connectivity index (χ1) is 11.6. The van der Waals surface area contributed by atoms with Gasteiger partial charge in [0.1, 0.15) is 5.82 Å². The van der Waals surface area contributed by atoms with E-state index in [1.54, 1.807) is 6.07 Å². The number of piperidine rings is 1. The standard InChI is InChI=1S/C19H23FN2O2/c20-13-7-8-14-15(11-18(23)21-16(14)10-13)19(24)22-9-3-5-12-4-1-2-6-17(12)22/h7-8,10,12,15,17H,1-6,9,11H2,(H,21,23). The molecule has 3 unspecified atom stereocenters. The molecule has 24 heavy (non-hydrogen) atoms. The number of nitrogens with one attached hydrogen (secondary N) is 1. The lowest BCUT2D eigenvalue weighted by Crippen LogP contribution is -2.51. The van der Waals surface area contributed by atoms with Crippen molar-refractivity contribution in [3.05, 3.63) is 29.6 Å². The van der Waals surface area contributed by atoms with Crippen molar-refractivity contribution in [2.24, 2.45) is 5.92 Å². The largest absolute Gasteiger partial charge is 0.339 e. The number of amides is 2. The molecule has 2 fully saturated rings. The Morgan fingerprint density at radius 3 is 2.83 bits per heavy atom. The van der Waals surface area contributed by atoms with Gasteiger partial charge in [-0.3, -0.25) is 9.59 Å². The number of nitrogens with zero attached hydrogens (tertiary/aromatic N) is 1. The first kappa shape index (κ1) is 15.6. The van der Waals surface area contributed by atoms with Crippen LogP contribution in [0.2, 0.25) is 0 Å². The molecule has 3 aliphatic rings. The maximum Gasteiger partial charge on any atom is 0.230 e. The fourth-order valence-corrected chi connectivity index (χ4v) is 4.76. The Kier molecular flexibility index (Phi) is 4.02. The average Bonchev–Trinajstić information content (AvgIpc) is 2.59. The van der Waals surface area contributed by atoms with Crippen molar-refractivity contribution in [2.75, 3.05) is 11.9 Å². The molecule has 2 aliphatic heterocycles. The number of carbonyl (C=O) groups is 2. The maximum absolute atomic E-state index is 13.5. The van der Waals surface area contributed by atoms with Gasteiger partial charge in [0.2, 0.25) is 11.8 Å². The van der Waals surface area contributed by atoms with E-state index >= 15 is 0 Å². The Morgan fingerprint density at radius 1 is 1.17 bits per heavy atom. The second-order valence-electron chi connectivity index (χ2n) is 7.32. The molecular weight excluding hydrogens is 307 g/mol. The molecule has 0 aromatic heterocycles. The maximum atomic E-state index is 13.5. The minimum Gasteiger partial charge on any atom is -0.339 e. The van der Waals surface area contributed by atoms with Crippen LogP contribution in [0.5, 0.6) is 0 Å². The lowest BCUT2D eigenvalue weighted by atomic mass is 9.77. The fourth-order valence-electron chi connectivity index (χ4n) is 4.76. The van der Waals surface area contributed by atoms with Crippen LogP contribution in [-0.4, -0.2) is 29.3 Å². The van der Waals surface area contributed by atoms with E-state index in [2.05, 4.69) is 5.32 Å². The molecule has 3 atom stereocenters. The molecule has 1 saturated carbocycles. The topological polar surface area (TPSA) is 49.4 Å². The third kappa shape index (κ3) is 2.70. The van der Waals surface area contributed by atoms with E-state index < -0.39 is 11.7 Å². The summed E-state index contributed by atoms with van der Waals surface area (Å²) in [7, 11) is 0. The summed E-state index contributed by atoms with van der Waals surface area (Å²) in [6.45, 7) is 0.786. The van der Waals surface area contributed by atoms with E-state index in [9.17, 15) is 14.0 Å². The van der Waals surface area contributed by atoms with Crippen molar-refractivity contribution in [1.82, 2.24) is 4.90 Å². The summed E-state index contributed by atoms with van der Waals surface area (Å²) < 4.78 is 13.5. The Bertz CT molecular complexity index is 673. The highest BCUT2D eigenvalue weighted by Crippen LogP contribution is 2.39. The van der Waals surface area contributed by atoms with Crippen molar-refractivity contribution in [3.8, 4) is 0 Å². The predicted molar refractivity (Wildman–Crippen MR) is 89.1 cm³/mol. The molecule has 0 spiro atoms. The molecule has 0 bridgehead atoms. The van der Waals surface area contributed by atoms with Crippen molar-refractivity contribution >= 4 is 17.5 Å². The Morgan fingerprint density at radius 2 is 1.96 bits per heavy atom. The number of likely N-dealkylation sites (tertiary alicyclic amines) is 1. The number of rotatable bonds is 1. The van der Waals surface area contributed by atoms with Gasteiger partial charge in [0.15, 0.2) is 0 Å². The number of hydrogen-bond acceptors (Lipinski definition) is 2. The number of halogens is 1. The number of fused-ring (bicyclic) bond motifs is 2. The molecule has 1 N–H and O–H groups in total. The van der Waals surface area contributed by atoms with E-state index in [1.165, 1.54) is 37.8 Å². The number of anilines is 1. The van der Waals surface area contributed by atoms with Gasteiger partial charge >= 0.3 is 0 Å². The molecule has 5 heteroatoms. The Labute approximate surface area is 141 Å². The molecule has 1 aliphatic carbocycles. The molecule has 2 amide bonds.